The molecule has 0 saturated heterocycles. The molecule has 0 unspecified atom stereocenters. The number of carboxylic acid groups (broad SMARTS) is 1. The van der Waals surface area contributed by atoms with Gasteiger partial charge in [-0.05, 0) is 26.2 Å². The van der Waals surface area contributed by atoms with Gasteiger partial charge in [-0.3, -0.25) is 9.59 Å². The SMILES string of the molecule is CC/C=C(/C)C(=O)NCC1(C(=O)O)CCCCCC1. The van der Waals surface area contributed by atoms with Crippen LogP contribution in [0.3, 0.4) is 0 Å². The highest BCUT2D eigenvalue weighted by Gasteiger charge is 2.38. The molecule has 0 heterocycles. The fourth-order valence-corrected chi connectivity index (χ4v) is 2.66. The minimum Gasteiger partial charge on any atom is -0.481 e. The van der Waals surface area contributed by atoms with Crippen molar-refractivity contribution in [3.63, 3.8) is 0 Å². The predicted molar refractivity (Wildman–Crippen MR) is 74.8 cm³/mol. The van der Waals surface area contributed by atoms with Gasteiger partial charge in [0, 0.05) is 12.1 Å². The summed E-state index contributed by atoms with van der Waals surface area (Å²) in [4.78, 5) is 23.4. The number of carbonyl (C=O) groups excluding carboxylic acids is 1. The molecular weight excluding hydrogens is 242 g/mol. The van der Waals surface area contributed by atoms with Crippen LogP contribution in [-0.2, 0) is 9.59 Å². The largest absolute Gasteiger partial charge is 0.481 e. The van der Waals surface area contributed by atoms with Crippen LogP contribution in [0, 0.1) is 5.41 Å². The van der Waals surface area contributed by atoms with Crippen LogP contribution in [0.15, 0.2) is 11.6 Å². The van der Waals surface area contributed by atoms with Crippen LogP contribution in [0.1, 0.15) is 58.8 Å². The van der Waals surface area contributed by atoms with E-state index in [1.54, 1.807) is 6.92 Å². The summed E-state index contributed by atoms with van der Waals surface area (Å²) in [5.74, 6) is -0.918. The van der Waals surface area contributed by atoms with Crippen molar-refractivity contribution >= 4 is 11.9 Å². The van der Waals surface area contributed by atoms with Crippen molar-refractivity contribution in [3.8, 4) is 0 Å². The number of carboxylic acids is 1. The van der Waals surface area contributed by atoms with Crippen molar-refractivity contribution in [1.29, 1.82) is 0 Å². The molecule has 1 aliphatic rings. The number of rotatable bonds is 5. The zero-order valence-electron chi connectivity index (χ0n) is 12.0. The van der Waals surface area contributed by atoms with Gasteiger partial charge in [0.2, 0.25) is 5.91 Å². The Labute approximate surface area is 115 Å². The van der Waals surface area contributed by atoms with Crippen molar-refractivity contribution in [2.75, 3.05) is 6.54 Å². The van der Waals surface area contributed by atoms with Crippen LogP contribution in [0.5, 0.6) is 0 Å². The first-order chi connectivity index (χ1) is 9.02. The maximum Gasteiger partial charge on any atom is 0.311 e. The van der Waals surface area contributed by atoms with E-state index < -0.39 is 11.4 Å². The summed E-state index contributed by atoms with van der Waals surface area (Å²) in [6.45, 7) is 3.98. The highest BCUT2D eigenvalue weighted by Crippen LogP contribution is 2.34. The van der Waals surface area contributed by atoms with Gasteiger partial charge in [-0.1, -0.05) is 38.7 Å². The Kier molecular flexibility index (Phi) is 6.06. The topological polar surface area (TPSA) is 66.4 Å². The number of aliphatic carboxylic acids is 1. The van der Waals surface area contributed by atoms with E-state index in [9.17, 15) is 14.7 Å². The third kappa shape index (κ3) is 4.37. The lowest BCUT2D eigenvalue weighted by atomic mass is 9.80. The first-order valence-electron chi connectivity index (χ1n) is 7.20. The second kappa shape index (κ2) is 7.31. The fourth-order valence-electron chi connectivity index (χ4n) is 2.66. The van der Waals surface area contributed by atoms with Crippen LogP contribution >= 0.6 is 0 Å². The van der Waals surface area contributed by atoms with Gasteiger partial charge in [0.1, 0.15) is 0 Å². The highest BCUT2D eigenvalue weighted by molar-refractivity contribution is 5.93. The minimum absolute atomic E-state index is 0.147. The Hall–Kier alpha value is -1.32. The summed E-state index contributed by atoms with van der Waals surface area (Å²) in [5, 5.41) is 12.3. The number of allylic oxidation sites excluding steroid dienone is 1. The molecule has 0 aliphatic heterocycles. The van der Waals surface area contributed by atoms with Crippen molar-refractivity contribution in [1.82, 2.24) is 5.32 Å². The van der Waals surface area contributed by atoms with Crippen LogP contribution in [0.4, 0.5) is 0 Å². The monoisotopic (exact) mass is 267 g/mol. The third-order valence-electron chi connectivity index (χ3n) is 3.97. The van der Waals surface area contributed by atoms with E-state index >= 15 is 0 Å². The van der Waals surface area contributed by atoms with E-state index in [1.165, 1.54) is 0 Å². The summed E-state index contributed by atoms with van der Waals surface area (Å²) in [6, 6.07) is 0. The van der Waals surface area contributed by atoms with Gasteiger partial charge < -0.3 is 10.4 Å². The Balaban J connectivity index is 2.66. The Morgan fingerprint density at radius 3 is 2.26 bits per heavy atom. The number of carbonyl (C=O) groups is 2. The summed E-state index contributed by atoms with van der Waals surface area (Å²) in [7, 11) is 0. The molecular formula is C15H25NO3. The van der Waals surface area contributed by atoms with E-state index in [0.29, 0.717) is 18.4 Å². The number of hydrogen-bond donors (Lipinski definition) is 2. The quantitative estimate of drug-likeness (QED) is 0.594. The molecule has 2 N–H and O–H groups in total. The summed E-state index contributed by atoms with van der Waals surface area (Å²) in [5.41, 5.74) is -0.102. The molecule has 108 valence electrons. The normalized spacial score (nSPS) is 19.6. The first-order valence-corrected chi connectivity index (χ1v) is 7.20. The number of hydrogen-bond acceptors (Lipinski definition) is 2. The third-order valence-corrected chi connectivity index (χ3v) is 3.97. The molecule has 0 spiro atoms. The van der Waals surface area contributed by atoms with Crippen LogP contribution in [0.2, 0.25) is 0 Å². The Morgan fingerprint density at radius 1 is 1.21 bits per heavy atom. The summed E-state index contributed by atoms with van der Waals surface area (Å²) in [6.07, 6.45) is 8.06. The van der Waals surface area contributed by atoms with Gasteiger partial charge >= 0.3 is 5.97 Å². The van der Waals surface area contributed by atoms with Crippen molar-refractivity contribution < 1.29 is 14.7 Å². The van der Waals surface area contributed by atoms with Crippen LogP contribution < -0.4 is 5.32 Å². The highest BCUT2D eigenvalue weighted by atomic mass is 16.4. The second-order valence-electron chi connectivity index (χ2n) is 5.48. The lowest BCUT2D eigenvalue weighted by Gasteiger charge is -2.28. The predicted octanol–water partition coefficient (Wildman–Crippen LogP) is 2.88. The van der Waals surface area contributed by atoms with Gasteiger partial charge in [0.05, 0.1) is 5.41 Å². The van der Waals surface area contributed by atoms with E-state index in [4.69, 9.17) is 0 Å². The molecule has 1 fully saturated rings. The molecule has 0 aromatic heterocycles. The van der Waals surface area contributed by atoms with E-state index in [0.717, 1.165) is 32.1 Å². The number of nitrogens with one attached hydrogen (secondary N) is 1. The van der Waals surface area contributed by atoms with Gasteiger partial charge in [-0.15, -0.1) is 0 Å². The zero-order chi connectivity index (χ0) is 14.3. The average molecular weight is 267 g/mol. The molecule has 0 bridgehead atoms. The lowest BCUT2D eigenvalue weighted by Crippen LogP contribution is -2.43. The average Bonchev–Trinajstić information content (AvgIpc) is 2.62. The first kappa shape index (κ1) is 15.7. The Morgan fingerprint density at radius 2 is 1.79 bits per heavy atom. The lowest BCUT2D eigenvalue weighted by molar-refractivity contribution is -0.149. The minimum atomic E-state index is -0.771. The molecule has 0 atom stereocenters. The van der Waals surface area contributed by atoms with Crippen LogP contribution in [-0.4, -0.2) is 23.5 Å². The van der Waals surface area contributed by atoms with Gasteiger partial charge in [0.15, 0.2) is 0 Å². The van der Waals surface area contributed by atoms with Crippen molar-refractivity contribution in [2.24, 2.45) is 5.41 Å². The van der Waals surface area contributed by atoms with Crippen molar-refractivity contribution in [3.05, 3.63) is 11.6 Å². The van der Waals surface area contributed by atoms with Gasteiger partial charge in [0.25, 0.3) is 0 Å². The molecule has 1 aliphatic carbocycles. The molecule has 0 aromatic rings. The number of amides is 1. The maximum absolute atomic E-state index is 11.9. The molecule has 1 rings (SSSR count). The summed E-state index contributed by atoms with van der Waals surface area (Å²) < 4.78 is 0. The summed E-state index contributed by atoms with van der Waals surface area (Å²) >= 11 is 0. The molecule has 0 radical (unpaired) electrons. The molecule has 0 aromatic carbocycles. The molecule has 1 amide bonds. The molecule has 4 nitrogen and oxygen atoms in total. The zero-order valence-corrected chi connectivity index (χ0v) is 12.0. The van der Waals surface area contributed by atoms with Crippen molar-refractivity contribution in [2.45, 2.75) is 58.8 Å². The smallest absolute Gasteiger partial charge is 0.311 e. The fraction of sp³-hybridized carbons (Fsp3) is 0.733. The second-order valence-corrected chi connectivity index (χ2v) is 5.48. The molecule has 19 heavy (non-hydrogen) atoms. The Bertz CT molecular complexity index is 352. The van der Waals surface area contributed by atoms with E-state index in [2.05, 4.69) is 5.32 Å². The van der Waals surface area contributed by atoms with Gasteiger partial charge in [-0.25, -0.2) is 0 Å². The van der Waals surface area contributed by atoms with E-state index in [1.807, 2.05) is 13.0 Å². The standard InChI is InChI=1S/C15H25NO3/c1-3-8-12(2)13(17)16-11-15(14(18)19)9-6-4-5-7-10-15/h8H,3-7,9-11H2,1-2H3,(H,16,17)(H,18,19)/b12-8-. The van der Waals surface area contributed by atoms with E-state index in [-0.39, 0.29) is 12.5 Å². The molecule has 4 heteroatoms. The molecule has 1 saturated carbocycles. The van der Waals surface area contributed by atoms with Crippen LogP contribution in [0.25, 0.3) is 0 Å². The maximum atomic E-state index is 11.9. The van der Waals surface area contributed by atoms with Gasteiger partial charge in [-0.2, -0.15) is 0 Å².